The van der Waals surface area contributed by atoms with Crippen LogP contribution in [0.5, 0.6) is 5.75 Å². The zero-order valence-corrected chi connectivity index (χ0v) is 15.0. The number of allylic oxidation sites excluding steroid dienone is 1. The summed E-state index contributed by atoms with van der Waals surface area (Å²) in [5, 5.41) is 0. The molecule has 27 heavy (non-hydrogen) atoms. The maximum Gasteiger partial charge on any atom is 0.573 e. The summed E-state index contributed by atoms with van der Waals surface area (Å²) in [6, 6.07) is 11.1. The van der Waals surface area contributed by atoms with Crippen LogP contribution in [0.25, 0.3) is 6.08 Å². The van der Waals surface area contributed by atoms with Crippen molar-refractivity contribution >= 4 is 27.6 Å². The highest BCUT2D eigenvalue weighted by atomic mass is 32.2. The number of sulfonamides is 1. The number of anilines is 1. The minimum Gasteiger partial charge on any atom is -0.405 e. The van der Waals surface area contributed by atoms with Crippen molar-refractivity contribution in [1.29, 1.82) is 0 Å². The number of benzene rings is 2. The first-order valence-electron chi connectivity index (χ1n) is 7.77. The Morgan fingerprint density at radius 1 is 1.11 bits per heavy atom. The van der Waals surface area contributed by atoms with E-state index in [9.17, 15) is 26.4 Å². The van der Waals surface area contributed by atoms with Crippen LogP contribution in [0.3, 0.4) is 0 Å². The third-order valence-electron chi connectivity index (χ3n) is 3.38. The molecule has 0 aromatic heterocycles. The lowest BCUT2D eigenvalue weighted by atomic mass is 10.1. The average molecular weight is 399 g/mol. The molecule has 0 aliphatic rings. The standard InChI is InChI=1S/C18H16F3NO4S/c1-2-27(24,25)22-15-10-7-13(8-11-15)16(23)12-9-14-5-3-4-6-17(14)26-18(19,20)21/h3-12,22H,2H2,1H3/b12-9+. The van der Waals surface area contributed by atoms with Crippen molar-refractivity contribution in [1.82, 2.24) is 0 Å². The fourth-order valence-electron chi connectivity index (χ4n) is 2.05. The second-order valence-corrected chi connectivity index (χ2v) is 7.38. The Labute approximate surface area is 154 Å². The van der Waals surface area contributed by atoms with E-state index >= 15 is 0 Å². The Hall–Kier alpha value is -2.81. The Bertz CT molecular complexity index is 936. The second-order valence-electron chi connectivity index (χ2n) is 5.37. The molecule has 0 atom stereocenters. The number of alkyl halides is 3. The molecule has 144 valence electrons. The van der Waals surface area contributed by atoms with Crippen LogP contribution in [0.4, 0.5) is 18.9 Å². The lowest BCUT2D eigenvalue weighted by Gasteiger charge is -2.10. The molecule has 0 heterocycles. The average Bonchev–Trinajstić information content (AvgIpc) is 2.60. The van der Waals surface area contributed by atoms with Gasteiger partial charge in [-0.2, -0.15) is 0 Å². The Morgan fingerprint density at radius 2 is 1.74 bits per heavy atom. The fraction of sp³-hybridized carbons (Fsp3) is 0.167. The Kier molecular flexibility index (Phi) is 6.27. The largest absolute Gasteiger partial charge is 0.573 e. The van der Waals surface area contributed by atoms with Gasteiger partial charge in [-0.15, -0.1) is 13.2 Å². The summed E-state index contributed by atoms with van der Waals surface area (Å²) in [6.45, 7) is 1.49. The van der Waals surface area contributed by atoms with Gasteiger partial charge in [-0.25, -0.2) is 8.42 Å². The van der Waals surface area contributed by atoms with Gasteiger partial charge in [0.05, 0.1) is 5.75 Å². The number of carbonyl (C=O) groups excluding carboxylic acids is 1. The molecule has 0 amide bonds. The molecule has 0 bridgehead atoms. The highest BCUT2D eigenvalue weighted by Gasteiger charge is 2.31. The SMILES string of the molecule is CCS(=O)(=O)Nc1ccc(C(=O)/C=C/c2ccccc2OC(F)(F)F)cc1. The molecule has 0 aliphatic carbocycles. The molecule has 0 fully saturated rings. The van der Waals surface area contributed by atoms with E-state index in [0.717, 1.165) is 12.1 Å². The number of ether oxygens (including phenoxy) is 1. The van der Waals surface area contributed by atoms with Gasteiger partial charge < -0.3 is 4.74 Å². The van der Waals surface area contributed by atoms with Gasteiger partial charge in [0.15, 0.2) is 5.78 Å². The molecule has 0 unspecified atom stereocenters. The van der Waals surface area contributed by atoms with Crippen molar-refractivity contribution in [2.45, 2.75) is 13.3 Å². The van der Waals surface area contributed by atoms with Crippen LogP contribution < -0.4 is 9.46 Å². The number of hydrogen-bond acceptors (Lipinski definition) is 4. The molecule has 2 aromatic rings. The first kappa shape index (κ1) is 20.5. The molecular weight excluding hydrogens is 383 g/mol. The van der Waals surface area contributed by atoms with E-state index < -0.39 is 27.9 Å². The molecular formula is C18H16F3NO4S. The predicted octanol–water partition coefficient (Wildman–Crippen LogP) is 4.24. The summed E-state index contributed by atoms with van der Waals surface area (Å²) in [5.74, 6) is -0.962. The van der Waals surface area contributed by atoms with Crippen LogP contribution in [0.2, 0.25) is 0 Å². The smallest absolute Gasteiger partial charge is 0.405 e. The highest BCUT2D eigenvalue weighted by molar-refractivity contribution is 7.92. The number of para-hydroxylation sites is 1. The molecule has 5 nitrogen and oxygen atoms in total. The van der Waals surface area contributed by atoms with Crippen LogP contribution >= 0.6 is 0 Å². The van der Waals surface area contributed by atoms with Crippen LogP contribution in [-0.4, -0.2) is 26.3 Å². The van der Waals surface area contributed by atoms with E-state index in [2.05, 4.69) is 9.46 Å². The van der Waals surface area contributed by atoms with Crippen LogP contribution in [0.1, 0.15) is 22.8 Å². The first-order valence-corrected chi connectivity index (χ1v) is 9.42. The van der Waals surface area contributed by atoms with E-state index in [-0.39, 0.29) is 16.9 Å². The summed E-state index contributed by atoms with van der Waals surface area (Å²) in [4.78, 5) is 12.2. The van der Waals surface area contributed by atoms with Crippen LogP contribution in [-0.2, 0) is 10.0 Å². The Morgan fingerprint density at radius 3 is 2.33 bits per heavy atom. The number of rotatable bonds is 7. The van der Waals surface area contributed by atoms with Crippen molar-refractivity contribution in [2.75, 3.05) is 10.5 Å². The maximum atomic E-state index is 12.4. The number of hydrogen-bond donors (Lipinski definition) is 1. The number of nitrogens with one attached hydrogen (secondary N) is 1. The number of halogens is 3. The highest BCUT2D eigenvalue weighted by Crippen LogP contribution is 2.27. The number of carbonyl (C=O) groups is 1. The van der Waals surface area contributed by atoms with Gasteiger partial charge in [-0.1, -0.05) is 18.2 Å². The molecule has 0 saturated carbocycles. The van der Waals surface area contributed by atoms with Crippen molar-refractivity contribution in [3.63, 3.8) is 0 Å². The molecule has 0 aliphatic heterocycles. The van der Waals surface area contributed by atoms with Gasteiger partial charge in [0, 0.05) is 16.8 Å². The van der Waals surface area contributed by atoms with E-state index in [1.54, 1.807) is 0 Å². The summed E-state index contributed by atoms with van der Waals surface area (Å²) >= 11 is 0. The minimum atomic E-state index is -4.84. The van der Waals surface area contributed by atoms with Crippen LogP contribution in [0.15, 0.2) is 54.6 Å². The molecule has 1 N–H and O–H groups in total. The molecule has 0 saturated heterocycles. The predicted molar refractivity (Wildman–Crippen MR) is 96.0 cm³/mol. The van der Waals surface area contributed by atoms with Gasteiger partial charge in [-0.05, 0) is 49.4 Å². The Balaban J connectivity index is 2.14. The summed E-state index contributed by atoms with van der Waals surface area (Å²) in [5.41, 5.74) is 0.650. The van der Waals surface area contributed by atoms with Gasteiger partial charge in [0.25, 0.3) is 0 Å². The van der Waals surface area contributed by atoms with Crippen LogP contribution in [0, 0.1) is 0 Å². The summed E-state index contributed by atoms with van der Waals surface area (Å²) in [6.07, 6.45) is -2.50. The lowest BCUT2D eigenvalue weighted by Crippen LogP contribution is -2.17. The number of ketones is 1. The van der Waals surface area contributed by atoms with Crippen molar-refractivity contribution in [3.8, 4) is 5.75 Å². The summed E-state index contributed by atoms with van der Waals surface area (Å²) in [7, 11) is -3.43. The summed E-state index contributed by atoms with van der Waals surface area (Å²) < 4.78 is 66.5. The molecule has 0 radical (unpaired) electrons. The quantitative estimate of drug-likeness (QED) is 0.558. The third kappa shape index (κ3) is 6.45. The van der Waals surface area contributed by atoms with E-state index in [1.165, 1.54) is 55.5 Å². The minimum absolute atomic E-state index is 0.0875. The van der Waals surface area contributed by atoms with E-state index in [0.29, 0.717) is 5.69 Å². The molecule has 9 heteroatoms. The molecule has 0 spiro atoms. The first-order chi connectivity index (χ1) is 12.6. The van der Waals surface area contributed by atoms with Crippen molar-refractivity contribution in [2.24, 2.45) is 0 Å². The van der Waals surface area contributed by atoms with Gasteiger partial charge >= 0.3 is 6.36 Å². The van der Waals surface area contributed by atoms with Gasteiger partial charge in [0.1, 0.15) is 5.75 Å². The maximum absolute atomic E-state index is 12.4. The third-order valence-corrected chi connectivity index (χ3v) is 4.69. The zero-order chi connectivity index (χ0) is 20.1. The van der Waals surface area contributed by atoms with Crippen molar-refractivity contribution < 1.29 is 31.1 Å². The van der Waals surface area contributed by atoms with E-state index in [4.69, 9.17) is 0 Å². The van der Waals surface area contributed by atoms with E-state index in [1.807, 2.05) is 0 Å². The van der Waals surface area contributed by atoms with Crippen molar-refractivity contribution in [3.05, 3.63) is 65.7 Å². The van der Waals surface area contributed by atoms with Gasteiger partial charge in [-0.3, -0.25) is 9.52 Å². The zero-order valence-electron chi connectivity index (χ0n) is 14.2. The van der Waals surface area contributed by atoms with Gasteiger partial charge in [0.2, 0.25) is 10.0 Å². The molecule has 2 rings (SSSR count). The monoisotopic (exact) mass is 399 g/mol. The topological polar surface area (TPSA) is 72.5 Å². The fourth-order valence-corrected chi connectivity index (χ4v) is 2.69. The normalized spacial score (nSPS) is 12.1. The molecule has 2 aromatic carbocycles. The second kappa shape index (κ2) is 8.26. The lowest BCUT2D eigenvalue weighted by molar-refractivity contribution is -0.274.